The standard InChI is InChI=1S/C21H26N6O3/c22-17-9-19(24-10-16(17)20(23)27-11-15-8-14(27)12-30-15)26-21(29)25-18(6-7-28)13-4-2-1-3-5-13/h1-5,9-10,14-15,18,23,28H,6-8,11-12H2,(H4,22,24,25,26,29). The lowest BCUT2D eigenvalue weighted by Gasteiger charge is -2.29. The Hall–Kier alpha value is -3.17. The van der Waals surface area contributed by atoms with Gasteiger partial charge in [0.15, 0.2) is 0 Å². The van der Waals surface area contributed by atoms with Gasteiger partial charge in [0.05, 0.1) is 30.4 Å². The highest BCUT2D eigenvalue weighted by molar-refractivity contribution is 6.02. The van der Waals surface area contributed by atoms with E-state index in [-0.39, 0.29) is 24.8 Å². The molecule has 9 heteroatoms. The number of carbonyl (C=O) groups is 1. The highest BCUT2D eigenvalue weighted by Gasteiger charge is 2.40. The first-order chi connectivity index (χ1) is 14.5. The molecule has 2 saturated heterocycles. The summed E-state index contributed by atoms with van der Waals surface area (Å²) >= 11 is 0. The average molecular weight is 410 g/mol. The Labute approximate surface area is 174 Å². The Kier molecular flexibility index (Phi) is 5.82. The van der Waals surface area contributed by atoms with Gasteiger partial charge in [-0.05, 0) is 18.4 Å². The summed E-state index contributed by atoms with van der Waals surface area (Å²) in [5, 5.41) is 23.3. The second kappa shape index (κ2) is 8.68. The van der Waals surface area contributed by atoms with Crippen molar-refractivity contribution in [1.82, 2.24) is 15.2 Å². The molecule has 6 N–H and O–H groups in total. The van der Waals surface area contributed by atoms with Gasteiger partial charge in [-0.1, -0.05) is 30.3 Å². The van der Waals surface area contributed by atoms with Gasteiger partial charge >= 0.3 is 6.03 Å². The zero-order valence-electron chi connectivity index (χ0n) is 16.5. The number of nitrogens with one attached hydrogen (secondary N) is 3. The Bertz CT molecular complexity index is 922. The van der Waals surface area contributed by atoms with Crippen LogP contribution < -0.4 is 16.4 Å². The molecule has 1 aromatic carbocycles. The van der Waals surface area contributed by atoms with Gasteiger partial charge < -0.3 is 25.8 Å². The monoisotopic (exact) mass is 410 g/mol. The van der Waals surface area contributed by atoms with Gasteiger partial charge in [-0.15, -0.1) is 0 Å². The third-order valence-electron chi connectivity index (χ3n) is 5.55. The van der Waals surface area contributed by atoms with Gasteiger partial charge in [0.25, 0.3) is 0 Å². The quantitative estimate of drug-likeness (QED) is 0.363. The molecule has 2 aliphatic rings. The predicted molar refractivity (Wildman–Crippen MR) is 113 cm³/mol. The highest BCUT2D eigenvalue weighted by atomic mass is 16.5. The molecule has 9 nitrogen and oxygen atoms in total. The van der Waals surface area contributed by atoms with Crippen molar-refractivity contribution in [2.75, 3.05) is 30.8 Å². The maximum absolute atomic E-state index is 12.4. The van der Waals surface area contributed by atoms with Crippen LogP contribution in [0.1, 0.15) is 30.0 Å². The minimum atomic E-state index is -0.443. The number of nitrogens with two attached hydrogens (primary N) is 1. The van der Waals surface area contributed by atoms with Crippen molar-refractivity contribution in [3.63, 3.8) is 0 Å². The maximum Gasteiger partial charge on any atom is 0.320 e. The van der Waals surface area contributed by atoms with E-state index in [1.165, 1.54) is 6.20 Å². The number of nitrogens with zero attached hydrogens (tertiary/aromatic N) is 2. The topological polar surface area (TPSA) is 137 Å². The molecule has 3 heterocycles. The number of aliphatic hydroxyl groups is 1. The molecule has 0 aliphatic carbocycles. The summed E-state index contributed by atoms with van der Waals surface area (Å²) in [6.45, 7) is 1.28. The summed E-state index contributed by atoms with van der Waals surface area (Å²) in [5.41, 5.74) is 7.98. The maximum atomic E-state index is 12.4. The Morgan fingerprint density at radius 3 is 2.83 bits per heavy atom. The third kappa shape index (κ3) is 4.22. The normalized spacial score (nSPS) is 20.8. The van der Waals surface area contributed by atoms with Gasteiger partial charge in [0, 0.05) is 31.1 Å². The molecule has 3 atom stereocenters. The molecule has 158 valence electrons. The highest BCUT2D eigenvalue weighted by Crippen LogP contribution is 2.30. The van der Waals surface area contributed by atoms with Crippen LogP contribution in [-0.2, 0) is 4.74 Å². The smallest absolute Gasteiger partial charge is 0.320 e. The number of benzene rings is 1. The van der Waals surface area contributed by atoms with E-state index in [0.29, 0.717) is 42.5 Å². The number of aromatic nitrogens is 1. The van der Waals surface area contributed by atoms with Crippen molar-refractivity contribution in [3.05, 3.63) is 53.7 Å². The van der Waals surface area contributed by atoms with E-state index < -0.39 is 6.03 Å². The first-order valence-electron chi connectivity index (χ1n) is 10.0. The first-order valence-corrected chi connectivity index (χ1v) is 10.0. The molecule has 3 unspecified atom stereocenters. The number of urea groups is 1. The largest absolute Gasteiger partial charge is 0.398 e. The summed E-state index contributed by atoms with van der Waals surface area (Å²) in [4.78, 5) is 18.7. The van der Waals surface area contributed by atoms with Crippen LogP contribution in [0.2, 0.25) is 0 Å². The van der Waals surface area contributed by atoms with Crippen LogP contribution in [0, 0.1) is 5.41 Å². The van der Waals surface area contributed by atoms with Gasteiger partial charge in [-0.2, -0.15) is 0 Å². The number of amidine groups is 1. The fourth-order valence-electron chi connectivity index (χ4n) is 4.01. The van der Waals surface area contributed by atoms with Crippen molar-refractivity contribution in [1.29, 1.82) is 5.41 Å². The Balaban J connectivity index is 1.40. The molecular weight excluding hydrogens is 384 g/mol. The number of hydrogen-bond donors (Lipinski definition) is 5. The van der Waals surface area contributed by atoms with E-state index in [0.717, 1.165) is 12.0 Å². The fraction of sp³-hybridized carbons (Fsp3) is 0.381. The van der Waals surface area contributed by atoms with E-state index in [1.54, 1.807) is 6.07 Å². The molecule has 30 heavy (non-hydrogen) atoms. The van der Waals surface area contributed by atoms with Crippen LogP contribution in [0.4, 0.5) is 16.3 Å². The van der Waals surface area contributed by atoms with Crippen LogP contribution in [0.3, 0.4) is 0 Å². The number of fused-ring (bicyclic) bond motifs is 2. The minimum Gasteiger partial charge on any atom is -0.398 e. The SMILES string of the molecule is N=C(c1cnc(NC(=O)NC(CCO)c2ccccc2)cc1N)N1CC2CC1CO2. The van der Waals surface area contributed by atoms with E-state index >= 15 is 0 Å². The van der Waals surface area contributed by atoms with Crippen molar-refractivity contribution in [2.24, 2.45) is 0 Å². The van der Waals surface area contributed by atoms with Crippen molar-refractivity contribution >= 4 is 23.4 Å². The van der Waals surface area contributed by atoms with E-state index in [4.69, 9.17) is 15.9 Å². The molecule has 2 bridgehead atoms. The van der Waals surface area contributed by atoms with E-state index in [1.807, 2.05) is 35.2 Å². The molecule has 2 aliphatic heterocycles. The average Bonchev–Trinajstić information content (AvgIpc) is 3.37. The Morgan fingerprint density at radius 2 is 2.20 bits per heavy atom. The Morgan fingerprint density at radius 1 is 1.40 bits per heavy atom. The van der Waals surface area contributed by atoms with Gasteiger partial charge in [-0.3, -0.25) is 10.7 Å². The number of ether oxygens (including phenoxy) is 1. The van der Waals surface area contributed by atoms with Crippen LogP contribution in [0.15, 0.2) is 42.6 Å². The molecule has 4 rings (SSSR count). The first kappa shape index (κ1) is 20.1. The summed E-state index contributed by atoms with van der Waals surface area (Å²) in [7, 11) is 0. The molecular formula is C21H26N6O3. The summed E-state index contributed by atoms with van der Waals surface area (Å²) in [6, 6.07) is 10.5. The van der Waals surface area contributed by atoms with Crippen molar-refractivity contribution in [2.45, 2.75) is 31.0 Å². The number of likely N-dealkylation sites (tertiary alicyclic amines) is 1. The predicted octanol–water partition coefficient (Wildman–Crippen LogP) is 1.71. The zero-order chi connectivity index (χ0) is 21.1. The lowest BCUT2D eigenvalue weighted by Crippen LogP contribution is -2.41. The zero-order valence-corrected chi connectivity index (χ0v) is 16.5. The number of morpholine rings is 1. The number of carbonyl (C=O) groups excluding carboxylic acids is 1. The number of hydrogen-bond acceptors (Lipinski definition) is 6. The molecule has 1 aromatic heterocycles. The fourth-order valence-corrected chi connectivity index (χ4v) is 4.01. The van der Waals surface area contributed by atoms with Gasteiger partial charge in [-0.25, -0.2) is 9.78 Å². The molecule has 2 amide bonds. The van der Waals surface area contributed by atoms with Crippen LogP contribution in [-0.4, -0.2) is 58.8 Å². The van der Waals surface area contributed by atoms with Gasteiger partial charge in [0.2, 0.25) is 0 Å². The summed E-state index contributed by atoms with van der Waals surface area (Å²) in [6.07, 6.45) is 3.03. The number of pyridine rings is 1. The number of amides is 2. The van der Waals surface area contributed by atoms with E-state index in [9.17, 15) is 9.90 Å². The number of anilines is 2. The summed E-state index contributed by atoms with van der Waals surface area (Å²) in [5.74, 6) is 0.627. The van der Waals surface area contributed by atoms with Crippen molar-refractivity contribution < 1.29 is 14.6 Å². The molecule has 0 saturated carbocycles. The van der Waals surface area contributed by atoms with E-state index in [2.05, 4.69) is 15.6 Å². The molecule has 2 aromatic rings. The summed E-state index contributed by atoms with van der Waals surface area (Å²) < 4.78 is 5.59. The van der Waals surface area contributed by atoms with Crippen LogP contribution in [0.5, 0.6) is 0 Å². The molecule has 2 fully saturated rings. The second-order valence-corrected chi connectivity index (χ2v) is 7.58. The second-order valence-electron chi connectivity index (χ2n) is 7.58. The van der Waals surface area contributed by atoms with Crippen molar-refractivity contribution in [3.8, 4) is 0 Å². The van der Waals surface area contributed by atoms with Gasteiger partial charge in [0.1, 0.15) is 11.7 Å². The number of rotatable bonds is 6. The number of aliphatic hydroxyl groups excluding tert-OH is 1. The third-order valence-corrected chi connectivity index (χ3v) is 5.55. The molecule has 0 spiro atoms. The lowest BCUT2D eigenvalue weighted by atomic mass is 10.0. The van der Waals surface area contributed by atoms with Crippen LogP contribution >= 0.6 is 0 Å². The van der Waals surface area contributed by atoms with Crippen LogP contribution in [0.25, 0.3) is 0 Å². The number of nitrogen functional groups attached to an aromatic ring is 1. The lowest BCUT2D eigenvalue weighted by molar-refractivity contribution is 0.0566. The minimum absolute atomic E-state index is 0.0504. The molecule has 0 radical (unpaired) electrons.